The summed E-state index contributed by atoms with van der Waals surface area (Å²) in [6.07, 6.45) is 9.64. The highest BCUT2D eigenvalue weighted by molar-refractivity contribution is 7.85. The standard InChI is InChI=1S/C11H21N2.C7H8O3S/c1-4-5-6-7-8-13-10-9-12(3)11(13)2;1-6-2-4-7(5-3-6)11(8,9)10/h9-10H,4-8H2,1-3H3;2-5H,1H3,(H,8,9,10)/q+1;/p-1. The average Bonchev–Trinajstić information content (AvgIpc) is 2.84. The molecule has 6 heteroatoms. The first-order valence-corrected chi connectivity index (χ1v) is 9.70. The van der Waals surface area contributed by atoms with Crippen molar-refractivity contribution in [2.24, 2.45) is 7.05 Å². The van der Waals surface area contributed by atoms with Gasteiger partial charge in [-0.3, -0.25) is 0 Å². The van der Waals surface area contributed by atoms with Crippen molar-refractivity contribution in [1.82, 2.24) is 4.57 Å². The van der Waals surface area contributed by atoms with E-state index < -0.39 is 10.1 Å². The number of rotatable bonds is 6. The minimum absolute atomic E-state index is 0.178. The number of hydrogen-bond donors (Lipinski definition) is 0. The molecule has 0 saturated carbocycles. The maximum absolute atomic E-state index is 10.4. The molecule has 0 fully saturated rings. The lowest BCUT2D eigenvalue weighted by atomic mass is 10.2. The third kappa shape index (κ3) is 6.84. The summed E-state index contributed by atoms with van der Waals surface area (Å²) < 4.78 is 35.7. The molecule has 2 aromatic rings. The van der Waals surface area contributed by atoms with E-state index in [0.717, 1.165) is 5.56 Å². The van der Waals surface area contributed by atoms with E-state index in [9.17, 15) is 13.0 Å². The van der Waals surface area contributed by atoms with Crippen molar-refractivity contribution in [3.63, 3.8) is 0 Å². The van der Waals surface area contributed by atoms with Gasteiger partial charge in [-0.25, -0.2) is 17.6 Å². The normalized spacial score (nSPS) is 11.0. The predicted molar refractivity (Wildman–Crippen MR) is 93.6 cm³/mol. The van der Waals surface area contributed by atoms with E-state index in [-0.39, 0.29) is 4.90 Å². The Bertz CT molecular complexity index is 719. The molecule has 0 spiro atoms. The third-order valence-electron chi connectivity index (χ3n) is 3.96. The van der Waals surface area contributed by atoms with Crippen LogP contribution in [0.1, 0.15) is 44.0 Å². The molecular weight excluding hydrogens is 324 g/mol. The lowest BCUT2D eigenvalue weighted by Gasteiger charge is -2.05. The van der Waals surface area contributed by atoms with E-state index >= 15 is 0 Å². The number of unbranched alkanes of at least 4 members (excludes halogenated alkanes) is 3. The second kappa shape index (κ2) is 9.59. The first kappa shape index (κ1) is 20.4. The van der Waals surface area contributed by atoms with E-state index in [1.54, 1.807) is 12.1 Å². The zero-order valence-corrected chi connectivity index (χ0v) is 15.8. The first-order valence-electron chi connectivity index (χ1n) is 8.29. The minimum Gasteiger partial charge on any atom is -0.744 e. The molecule has 0 aliphatic carbocycles. The van der Waals surface area contributed by atoms with Crippen LogP contribution in [0.5, 0.6) is 0 Å². The zero-order chi connectivity index (χ0) is 18.2. The summed E-state index contributed by atoms with van der Waals surface area (Å²) in [5.74, 6) is 1.34. The molecule has 1 aromatic heterocycles. The fourth-order valence-electron chi connectivity index (χ4n) is 2.25. The van der Waals surface area contributed by atoms with Crippen molar-refractivity contribution in [3.05, 3.63) is 48.0 Å². The van der Waals surface area contributed by atoms with E-state index in [2.05, 4.69) is 42.4 Å². The van der Waals surface area contributed by atoms with Gasteiger partial charge in [0.2, 0.25) is 0 Å². The number of nitrogens with zero attached hydrogens (tertiary/aromatic N) is 2. The molecule has 0 aliphatic heterocycles. The second-order valence-corrected chi connectivity index (χ2v) is 7.36. The minimum atomic E-state index is -4.27. The molecule has 0 unspecified atom stereocenters. The topological polar surface area (TPSA) is 66.0 Å². The highest BCUT2D eigenvalue weighted by atomic mass is 32.2. The van der Waals surface area contributed by atoms with Gasteiger partial charge in [0.25, 0.3) is 5.82 Å². The fourth-order valence-corrected chi connectivity index (χ4v) is 2.72. The Morgan fingerprint density at radius 1 is 1.08 bits per heavy atom. The maximum atomic E-state index is 10.4. The van der Waals surface area contributed by atoms with Crippen LogP contribution in [-0.2, 0) is 23.7 Å². The highest BCUT2D eigenvalue weighted by Crippen LogP contribution is 2.08. The summed E-state index contributed by atoms with van der Waals surface area (Å²) in [6, 6.07) is 5.78. The first-order chi connectivity index (χ1) is 11.3. The van der Waals surface area contributed by atoms with Gasteiger partial charge in [0, 0.05) is 6.92 Å². The van der Waals surface area contributed by atoms with E-state index in [1.807, 2.05) is 6.92 Å². The Morgan fingerprint density at radius 3 is 2.17 bits per heavy atom. The molecule has 0 atom stereocenters. The van der Waals surface area contributed by atoms with E-state index in [4.69, 9.17) is 0 Å². The molecule has 2 rings (SSSR count). The van der Waals surface area contributed by atoms with Gasteiger partial charge in [-0.15, -0.1) is 0 Å². The number of benzene rings is 1. The summed E-state index contributed by atoms with van der Waals surface area (Å²) in [6.45, 7) is 7.41. The molecular formula is C18H28N2O3S. The molecule has 1 heterocycles. The van der Waals surface area contributed by atoms with Crippen LogP contribution >= 0.6 is 0 Å². The third-order valence-corrected chi connectivity index (χ3v) is 4.81. The SMILES string of the molecule is CCCCCCn1cc[n+](C)c1C.Cc1ccc(S(=O)(=O)[O-])cc1. The Morgan fingerprint density at radius 2 is 1.71 bits per heavy atom. The van der Waals surface area contributed by atoms with Crippen LogP contribution in [0.3, 0.4) is 0 Å². The predicted octanol–water partition coefficient (Wildman–Crippen LogP) is 3.10. The quantitative estimate of drug-likeness (QED) is 0.456. The summed E-state index contributed by atoms with van der Waals surface area (Å²) in [7, 11) is -2.17. The molecule has 0 radical (unpaired) electrons. The highest BCUT2D eigenvalue weighted by Gasteiger charge is 2.06. The van der Waals surface area contributed by atoms with Crippen LogP contribution in [0.25, 0.3) is 0 Å². The summed E-state index contributed by atoms with van der Waals surface area (Å²) in [5, 5.41) is 0. The Kier molecular flexibility index (Phi) is 8.15. The second-order valence-electron chi connectivity index (χ2n) is 5.98. The average molecular weight is 353 g/mol. The molecule has 0 N–H and O–H groups in total. The fraction of sp³-hybridized carbons (Fsp3) is 0.500. The molecule has 0 amide bonds. The lowest BCUT2D eigenvalue weighted by Crippen LogP contribution is -2.29. The van der Waals surface area contributed by atoms with Gasteiger partial charge in [-0.05, 0) is 31.9 Å². The van der Waals surface area contributed by atoms with Crippen LogP contribution in [0.4, 0.5) is 0 Å². The van der Waals surface area contributed by atoms with Gasteiger partial charge in [-0.1, -0.05) is 37.5 Å². The van der Waals surface area contributed by atoms with Crippen LogP contribution in [0, 0.1) is 13.8 Å². The van der Waals surface area contributed by atoms with Crippen molar-refractivity contribution < 1.29 is 17.5 Å². The Balaban J connectivity index is 0.000000243. The summed E-state index contributed by atoms with van der Waals surface area (Å²) in [5.41, 5.74) is 0.928. The van der Waals surface area contributed by atoms with Crippen molar-refractivity contribution in [3.8, 4) is 0 Å². The number of aromatic nitrogens is 2. The molecule has 24 heavy (non-hydrogen) atoms. The van der Waals surface area contributed by atoms with Crippen molar-refractivity contribution in [2.75, 3.05) is 0 Å². The Labute approximate surface area is 145 Å². The molecule has 1 aromatic carbocycles. The number of hydrogen-bond acceptors (Lipinski definition) is 3. The van der Waals surface area contributed by atoms with E-state index in [0.29, 0.717) is 0 Å². The van der Waals surface area contributed by atoms with Crippen molar-refractivity contribution >= 4 is 10.1 Å². The van der Waals surface area contributed by atoms with Crippen LogP contribution in [-0.4, -0.2) is 17.5 Å². The van der Waals surface area contributed by atoms with Crippen LogP contribution < -0.4 is 4.57 Å². The van der Waals surface area contributed by atoms with Gasteiger partial charge < -0.3 is 4.55 Å². The monoisotopic (exact) mass is 352 g/mol. The number of aryl methyl sites for hydroxylation is 3. The molecule has 0 aliphatic rings. The molecule has 0 bridgehead atoms. The molecule has 0 saturated heterocycles. The van der Waals surface area contributed by atoms with Crippen LogP contribution in [0.15, 0.2) is 41.6 Å². The molecule has 134 valence electrons. The maximum Gasteiger partial charge on any atom is 0.253 e. The molecule has 5 nitrogen and oxygen atoms in total. The summed E-state index contributed by atoms with van der Waals surface area (Å²) in [4.78, 5) is -0.178. The van der Waals surface area contributed by atoms with Gasteiger partial charge >= 0.3 is 0 Å². The number of imidazole rings is 1. The lowest BCUT2D eigenvalue weighted by molar-refractivity contribution is -0.677. The summed E-state index contributed by atoms with van der Waals surface area (Å²) >= 11 is 0. The van der Waals surface area contributed by atoms with Gasteiger partial charge in [0.1, 0.15) is 22.5 Å². The van der Waals surface area contributed by atoms with Crippen molar-refractivity contribution in [2.45, 2.75) is 57.9 Å². The Hall–Kier alpha value is -1.66. The smallest absolute Gasteiger partial charge is 0.253 e. The van der Waals surface area contributed by atoms with Crippen LogP contribution in [0.2, 0.25) is 0 Å². The van der Waals surface area contributed by atoms with Gasteiger partial charge in [-0.2, -0.15) is 0 Å². The largest absolute Gasteiger partial charge is 0.744 e. The zero-order valence-electron chi connectivity index (χ0n) is 15.0. The van der Waals surface area contributed by atoms with Crippen molar-refractivity contribution in [1.29, 1.82) is 0 Å². The van der Waals surface area contributed by atoms with Gasteiger partial charge in [0.05, 0.1) is 18.5 Å². The van der Waals surface area contributed by atoms with E-state index in [1.165, 1.54) is 50.2 Å². The van der Waals surface area contributed by atoms with Gasteiger partial charge in [0.15, 0.2) is 0 Å².